The highest BCUT2D eigenvalue weighted by Gasteiger charge is 2.35. The molecule has 20 heavy (non-hydrogen) atoms. The molecule has 1 heterocycles. The minimum Gasteiger partial charge on any atom is -0.314 e. The lowest BCUT2D eigenvalue weighted by Crippen LogP contribution is -2.49. The second-order valence-electron chi connectivity index (χ2n) is 7.47. The molecule has 2 heteroatoms. The number of rotatable bonds is 3. The van der Waals surface area contributed by atoms with Gasteiger partial charge in [0.15, 0.2) is 0 Å². The summed E-state index contributed by atoms with van der Waals surface area (Å²) in [5.41, 5.74) is 0. The molecule has 0 amide bonds. The Balaban J connectivity index is 1.51. The first-order chi connectivity index (χ1) is 9.93. The molecule has 3 unspecified atom stereocenters. The molecule has 2 saturated carbocycles. The maximum Gasteiger partial charge on any atom is 0.0113 e. The van der Waals surface area contributed by atoms with Gasteiger partial charge in [-0.3, -0.25) is 0 Å². The second-order valence-corrected chi connectivity index (χ2v) is 7.47. The summed E-state index contributed by atoms with van der Waals surface area (Å²) in [6.07, 6.45) is 18.8. The summed E-state index contributed by atoms with van der Waals surface area (Å²) in [7, 11) is 0. The average molecular weight is 278 g/mol. The summed E-state index contributed by atoms with van der Waals surface area (Å²) in [5.74, 6) is 0.917. The van der Waals surface area contributed by atoms with E-state index in [0.717, 1.165) is 24.0 Å². The molecular formula is C18H34N2. The first kappa shape index (κ1) is 14.8. The third-order valence-corrected chi connectivity index (χ3v) is 5.99. The van der Waals surface area contributed by atoms with Crippen LogP contribution in [0.25, 0.3) is 0 Å². The minimum absolute atomic E-state index is 0.815. The molecule has 0 spiro atoms. The molecule has 1 saturated heterocycles. The van der Waals surface area contributed by atoms with Gasteiger partial charge in [0.25, 0.3) is 0 Å². The summed E-state index contributed by atoms with van der Waals surface area (Å²) < 4.78 is 0. The minimum atomic E-state index is 0.815. The van der Waals surface area contributed by atoms with Gasteiger partial charge < -0.3 is 10.6 Å². The molecule has 3 atom stereocenters. The lowest BCUT2D eigenvalue weighted by Gasteiger charge is -2.35. The van der Waals surface area contributed by atoms with Crippen LogP contribution in [0.15, 0.2) is 0 Å². The maximum absolute atomic E-state index is 4.09. The SMILES string of the molecule is C1CCCC(NC2CCCC2C2CCCCN2)CCC1. The third-order valence-electron chi connectivity index (χ3n) is 5.99. The molecule has 0 radical (unpaired) electrons. The van der Waals surface area contributed by atoms with Gasteiger partial charge in [-0.25, -0.2) is 0 Å². The summed E-state index contributed by atoms with van der Waals surface area (Å²) in [4.78, 5) is 0. The molecule has 2 nitrogen and oxygen atoms in total. The van der Waals surface area contributed by atoms with Gasteiger partial charge in [-0.15, -0.1) is 0 Å². The van der Waals surface area contributed by atoms with Crippen LogP contribution in [0.4, 0.5) is 0 Å². The molecule has 0 bridgehead atoms. The van der Waals surface area contributed by atoms with Crippen LogP contribution in [0.3, 0.4) is 0 Å². The first-order valence-corrected chi connectivity index (χ1v) is 9.43. The van der Waals surface area contributed by atoms with Gasteiger partial charge in [-0.05, 0) is 51.0 Å². The van der Waals surface area contributed by atoms with Crippen LogP contribution in [-0.4, -0.2) is 24.7 Å². The number of hydrogen-bond donors (Lipinski definition) is 2. The highest BCUT2D eigenvalue weighted by atomic mass is 15.0. The summed E-state index contributed by atoms with van der Waals surface area (Å²) in [5, 5.41) is 7.90. The van der Waals surface area contributed by atoms with Gasteiger partial charge in [0.1, 0.15) is 0 Å². The van der Waals surface area contributed by atoms with Gasteiger partial charge in [-0.2, -0.15) is 0 Å². The zero-order valence-electron chi connectivity index (χ0n) is 13.2. The first-order valence-electron chi connectivity index (χ1n) is 9.43. The Labute approximate surface area is 125 Å². The van der Waals surface area contributed by atoms with Gasteiger partial charge >= 0.3 is 0 Å². The van der Waals surface area contributed by atoms with Crippen molar-refractivity contribution in [2.24, 2.45) is 5.92 Å². The Kier molecular flexibility index (Phi) is 5.78. The summed E-state index contributed by atoms with van der Waals surface area (Å²) in [6, 6.07) is 2.46. The predicted octanol–water partition coefficient (Wildman–Crippen LogP) is 4.00. The van der Waals surface area contributed by atoms with Crippen LogP contribution in [0.5, 0.6) is 0 Å². The Bertz CT molecular complexity index is 265. The third kappa shape index (κ3) is 3.98. The fourth-order valence-corrected chi connectivity index (χ4v) is 4.85. The van der Waals surface area contributed by atoms with Gasteiger partial charge in [0.2, 0.25) is 0 Å². The van der Waals surface area contributed by atoms with Crippen molar-refractivity contribution in [1.29, 1.82) is 0 Å². The van der Waals surface area contributed by atoms with E-state index < -0.39 is 0 Å². The second kappa shape index (κ2) is 7.79. The van der Waals surface area contributed by atoms with Crippen molar-refractivity contribution in [3.05, 3.63) is 0 Å². The molecule has 2 aliphatic carbocycles. The maximum atomic E-state index is 4.09. The number of hydrogen-bond acceptors (Lipinski definition) is 2. The van der Waals surface area contributed by atoms with Crippen molar-refractivity contribution in [2.45, 2.75) is 102 Å². The van der Waals surface area contributed by atoms with Gasteiger partial charge in [-0.1, -0.05) is 44.9 Å². The van der Waals surface area contributed by atoms with Crippen molar-refractivity contribution in [3.8, 4) is 0 Å². The Hall–Kier alpha value is -0.0800. The van der Waals surface area contributed by atoms with Crippen molar-refractivity contribution in [3.63, 3.8) is 0 Å². The molecule has 0 aromatic heterocycles. The van der Waals surface area contributed by atoms with Gasteiger partial charge in [0, 0.05) is 18.1 Å². The van der Waals surface area contributed by atoms with Crippen molar-refractivity contribution < 1.29 is 0 Å². The van der Waals surface area contributed by atoms with Crippen molar-refractivity contribution >= 4 is 0 Å². The van der Waals surface area contributed by atoms with E-state index in [9.17, 15) is 0 Å². The van der Waals surface area contributed by atoms with E-state index in [1.807, 2.05) is 0 Å². The fourth-order valence-electron chi connectivity index (χ4n) is 4.85. The zero-order valence-corrected chi connectivity index (χ0v) is 13.2. The highest BCUT2D eigenvalue weighted by molar-refractivity contribution is 4.93. The Morgan fingerprint density at radius 2 is 1.40 bits per heavy atom. The van der Waals surface area contributed by atoms with Crippen LogP contribution in [0.2, 0.25) is 0 Å². The Morgan fingerprint density at radius 3 is 2.15 bits per heavy atom. The normalized spacial score (nSPS) is 37.5. The van der Waals surface area contributed by atoms with E-state index in [-0.39, 0.29) is 0 Å². The standard InChI is InChI=1S/C18H34N2/c1-2-4-9-15(10-5-3-1)20-18-13-8-11-16(18)17-12-6-7-14-19-17/h15-20H,1-14H2. The smallest absolute Gasteiger partial charge is 0.0113 e. The lowest BCUT2D eigenvalue weighted by atomic mass is 9.87. The van der Waals surface area contributed by atoms with E-state index in [2.05, 4.69) is 10.6 Å². The van der Waals surface area contributed by atoms with Crippen LogP contribution in [0.1, 0.15) is 83.5 Å². The Morgan fingerprint density at radius 1 is 0.650 bits per heavy atom. The monoisotopic (exact) mass is 278 g/mol. The topological polar surface area (TPSA) is 24.1 Å². The highest BCUT2D eigenvalue weighted by Crippen LogP contribution is 2.32. The van der Waals surface area contributed by atoms with Crippen LogP contribution in [0, 0.1) is 5.92 Å². The molecule has 2 N–H and O–H groups in total. The van der Waals surface area contributed by atoms with Crippen LogP contribution < -0.4 is 10.6 Å². The van der Waals surface area contributed by atoms with E-state index in [1.54, 1.807) is 0 Å². The summed E-state index contributed by atoms with van der Waals surface area (Å²) >= 11 is 0. The molecule has 3 rings (SSSR count). The number of nitrogens with one attached hydrogen (secondary N) is 2. The molecular weight excluding hydrogens is 244 g/mol. The van der Waals surface area contributed by atoms with Crippen molar-refractivity contribution in [2.75, 3.05) is 6.54 Å². The van der Waals surface area contributed by atoms with Crippen molar-refractivity contribution in [1.82, 2.24) is 10.6 Å². The lowest BCUT2D eigenvalue weighted by molar-refractivity contribution is 0.235. The largest absolute Gasteiger partial charge is 0.314 e. The summed E-state index contributed by atoms with van der Waals surface area (Å²) in [6.45, 7) is 1.26. The molecule has 0 aromatic carbocycles. The fraction of sp³-hybridized carbons (Fsp3) is 1.00. The molecule has 3 aliphatic rings. The van der Waals surface area contributed by atoms with Gasteiger partial charge in [0.05, 0.1) is 0 Å². The predicted molar refractivity (Wildman–Crippen MR) is 86.0 cm³/mol. The van der Waals surface area contributed by atoms with E-state index in [0.29, 0.717) is 0 Å². The molecule has 3 fully saturated rings. The van der Waals surface area contributed by atoms with E-state index >= 15 is 0 Å². The molecule has 116 valence electrons. The van der Waals surface area contributed by atoms with Crippen LogP contribution >= 0.6 is 0 Å². The van der Waals surface area contributed by atoms with E-state index in [4.69, 9.17) is 0 Å². The average Bonchev–Trinajstić information content (AvgIpc) is 2.91. The van der Waals surface area contributed by atoms with E-state index in [1.165, 1.54) is 90.0 Å². The quantitative estimate of drug-likeness (QED) is 0.815. The zero-order chi connectivity index (χ0) is 13.6. The molecule has 1 aliphatic heterocycles. The number of piperidine rings is 1. The van der Waals surface area contributed by atoms with Crippen LogP contribution in [-0.2, 0) is 0 Å². The molecule has 0 aromatic rings.